The number of methoxy groups -OCH3 is 1. The standard InChI is InChI=1S/C27H23F5N6O4/c1-4-38-11-17(10-34-38)14-5-16(9-33)21-18(6-14)35-36(2)23(21)15-7-19(41-3)22(20(8-15)42-25(28)29)24(39)37-12-26(40,13-37)27(30,31)32/h5-8,10-11,25,40H,4,12-13H2,1-3H3. The number of carbonyl (C=O) groups excluding carboxylic acids is 1. The number of aliphatic hydroxyl groups is 1. The lowest BCUT2D eigenvalue weighted by Crippen LogP contribution is -2.70. The molecule has 0 bridgehead atoms. The second kappa shape index (κ2) is 10.3. The summed E-state index contributed by atoms with van der Waals surface area (Å²) in [5, 5.41) is 28.9. The lowest BCUT2D eigenvalue weighted by molar-refractivity contribution is -0.294. The van der Waals surface area contributed by atoms with Crippen LogP contribution >= 0.6 is 0 Å². The third-order valence-corrected chi connectivity index (χ3v) is 7.06. The van der Waals surface area contributed by atoms with E-state index in [-0.39, 0.29) is 16.9 Å². The number of aromatic nitrogens is 4. The van der Waals surface area contributed by atoms with Crippen LogP contribution in [-0.4, -0.2) is 74.1 Å². The smallest absolute Gasteiger partial charge is 0.420 e. The maximum absolute atomic E-state index is 13.5. The molecule has 220 valence electrons. The van der Waals surface area contributed by atoms with E-state index < -0.39 is 48.7 Å². The molecule has 1 aliphatic rings. The van der Waals surface area contributed by atoms with Crippen molar-refractivity contribution in [1.82, 2.24) is 24.5 Å². The van der Waals surface area contributed by atoms with Gasteiger partial charge in [-0.25, -0.2) is 0 Å². The zero-order valence-corrected chi connectivity index (χ0v) is 22.4. The Kier molecular flexibility index (Phi) is 7.05. The molecule has 0 radical (unpaired) electrons. The predicted molar refractivity (Wildman–Crippen MR) is 138 cm³/mol. The number of benzene rings is 2. The van der Waals surface area contributed by atoms with Crippen LogP contribution in [0.2, 0.25) is 0 Å². The van der Waals surface area contributed by atoms with E-state index in [9.17, 15) is 37.1 Å². The van der Waals surface area contributed by atoms with Gasteiger partial charge in [0.1, 0.15) is 17.1 Å². The summed E-state index contributed by atoms with van der Waals surface area (Å²) in [6, 6.07) is 7.95. The molecule has 0 aliphatic carbocycles. The van der Waals surface area contributed by atoms with Crippen LogP contribution in [0.1, 0.15) is 22.8 Å². The molecule has 5 rings (SSSR count). The van der Waals surface area contributed by atoms with Gasteiger partial charge in [-0.05, 0) is 36.8 Å². The van der Waals surface area contributed by atoms with Gasteiger partial charge < -0.3 is 19.5 Å². The Labute approximate surface area is 235 Å². The fraction of sp³-hybridized carbons (Fsp3) is 0.333. The first-order valence-electron chi connectivity index (χ1n) is 12.5. The van der Waals surface area contributed by atoms with Crippen molar-refractivity contribution in [3.63, 3.8) is 0 Å². The Morgan fingerprint density at radius 3 is 2.43 bits per heavy atom. The number of fused-ring (bicyclic) bond motifs is 1. The molecule has 0 atom stereocenters. The zero-order valence-electron chi connectivity index (χ0n) is 22.4. The number of alkyl halides is 5. The van der Waals surface area contributed by atoms with E-state index in [4.69, 9.17) is 4.74 Å². The van der Waals surface area contributed by atoms with Gasteiger partial charge in [0.05, 0.1) is 49.2 Å². The summed E-state index contributed by atoms with van der Waals surface area (Å²) in [4.78, 5) is 13.8. The normalized spacial score (nSPS) is 14.6. The van der Waals surface area contributed by atoms with Gasteiger partial charge in [0, 0.05) is 36.3 Å². The maximum Gasteiger partial charge on any atom is 0.420 e. The van der Waals surface area contributed by atoms with Crippen molar-refractivity contribution < 1.29 is 41.3 Å². The molecule has 2 aromatic heterocycles. The monoisotopic (exact) mass is 590 g/mol. The summed E-state index contributed by atoms with van der Waals surface area (Å²) in [6.07, 6.45) is -1.53. The van der Waals surface area contributed by atoms with E-state index in [0.29, 0.717) is 33.6 Å². The van der Waals surface area contributed by atoms with Gasteiger partial charge in [0.2, 0.25) is 0 Å². The number of halogens is 5. The van der Waals surface area contributed by atoms with E-state index in [2.05, 4.69) is 21.0 Å². The van der Waals surface area contributed by atoms with Crippen LogP contribution in [0, 0.1) is 11.3 Å². The van der Waals surface area contributed by atoms with Crippen molar-refractivity contribution in [3.05, 3.63) is 47.8 Å². The Balaban J connectivity index is 1.63. The number of hydrogen-bond donors (Lipinski definition) is 1. The molecule has 2 aromatic carbocycles. The Bertz CT molecular complexity index is 1730. The summed E-state index contributed by atoms with van der Waals surface area (Å²) < 4.78 is 79.4. The molecule has 1 saturated heterocycles. The third-order valence-electron chi connectivity index (χ3n) is 7.06. The third kappa shape index (κ3) is 4.77. The topological polar surface area (TPSA) is 118 Å². The molecule has 1 N–H and O–H groups in total. The number of hydrogen-bond acceptors (Lipinski definition) is 7. The van der Waals surface area contributed by atoms with E-state index in [1.807, 2.05) is 13.1 Å². The Hall–Kier alpha value is -4.71. The van der Waals surface area contributed by atoms with Gasteiger partial charge in [0.25, 0.3) is 5.91 Å². The number of nitrogens with zero attached hydrogens (tertiary/aromatic N) is 6. The predicted octanol–water partition coefficient (Wildman–Crippen LogP) is 4.35. The first-order chi connectivity index (χ1) is 19.8. The molecule has 42 heavy (non-hydrogen) atoms. The van der Waals surface area contributed by atoms with E-state index in [1.165, 1.54) is 10.7 Å². The van der Waals surface area contributed by atoms with Gasteiger partial charge in [-0.2, -0.15) is 37.4 Å². The van der Waals surface area contributed by atoms with Crippen molar-refractivity contribution in [2.45, 2.75) is 31.9 Å². The van der Waals surface area contributed by atoms with Crippen molar-refractivity contribution in [3.8, 4) is 40.0 Å². The largest absolute Gasteiger partial charge is 0.496 e. The van der Waals surface area contributed by atoms with Crippen LogP contribution in [0.4, 0.5) is 22.0 Å². The highest BCUT2D eigenvalue weighted by Gasteiger charge is 2.62. The van der Waals surface area contributed by atoms with E-state index in [1.54, 1.807) is 30.1 Å². The lowest BCUT2D eigenvalue weighted by Gasteiger charge is -2.47. The minimum Gasteiger partial charge on any atom is -0.496 e. The second-order valence-corrected chi connectivity index (χ2v) is 9.71. The highest BCUT2D eigenvalue weighted by molar-refractivity contribution is 6.04. The highest BCUT2D eigenvalue weighted by atomic mass is 19.4. The molecule has 1 fully saturated rings. The fourth-order valence-corrected chi connectivity index (χ4v) is 4.95. The lowest BCUT2D eigenvalue weighted by atomic mass is 9.92. The minimum atomic E-state index is -4.99. The molecule has 4 aromatic rings. The molecular weight excluding hydrogens is 567 g/mol. The molecule has 3 heterocycles. The number of aryl methyl sites for hydroxylation is 2. The number of likely N-dealkylation sites (tertiary alicyclic amines) is 1. The first-order valence-corrected chi connectivity index (χ1v) is 12.5. The summed E-state index contributed by atoms with van der Waals surface area (Å²) in [5.74, 6) is -2.04. The number of rotatable bonds is 7. The average molecular weight is 591 g/mol. The van der Waals surface area contributed by atoms with E-state index in [0.717, 1.165) is 18.7 Å². The first kappa shape index (κ1) is 28.8. The molecule has 15 heteroatoms. The Morgan fingerprint density at radius 2 is 1.86 bits per heavy atom. The molecule has 0 saturated carbocycles. The molecular formula is C27H23F5N6O4. The van der Waals surface area contributed by atoms with Crippen LogP contribution in [0.3, 0.4) is 0 Å². The van der Waals surface area contributed by atoms with Crippen LogP contribution in [0.15, 0.2) is 36.7 Å². The number of β-amino-alcohol motifs (C(OH)–C–C–N with tert-alkyl or cyclic N) is 1. The fourth-order valence-electron chi connectivity index (χ4n) is 4.95. The quantitative estimate of drug-likeness (QED) is 0.318. The minimum absolute atomic E-state index is 0.183. The number of carbonyl (C=O) groups is 1. The summed E-state index contributed by atoms with van der Waals surface area (Å²) in [5.41, 5.74) is -1.11. The highest BCUT2D eigenvalue weighted by Crippen LogP contribution is 2.43. The Morgan fingerprint density at radius 1 is 1.17 bits per heavy atom. The van der Waals surface area contributed by atoms with Crippen LogP contribution < -0.4 is 9.47 Å². The van der Waals surface area contributed by atoms with Crippen LogP contribution in [0.25, 0.3) is 33.3 Å². The van der Waals surface area contributed by atoms with Gasteiger partial charge >= 0.3 is 12.8 Å². The van der Waals surface area contributed by atoms with Crippen molar-refractivity contribution in [1.29, 1.82) is 5.26 Å². The van der Waals surface area contributed by atoms with Gasteiger partial charge in [-0.3, -0.25) is 14.2 Å². The molecule has 1 amide bonds. The SMILES string of the molecule is CCn1cc(-c2cc(C#N)c3c(-c4cc(OC)c(C(=O)N5CC(O)(C(F)(F)F)C5)c(OC(F)F)c4)n(C)nc3c2)cn1. The summed E-state index contributed by atoms with van der Waals surface area (Å²) in [6.45, 7) is -3.01. The average Bonchev–Trinajstić information content (AvgIpc) is 3.52. The molecule has 0 unspecified atom stereocenters. The summed E-state index contributed by atoms with van der Waals surface area (Å²) >= 11 is 0. The van der Waals surface area contributed by atoms with Crippen LogP contribution in [-0.2, 0) is 13.6 Å². The van der Waals surface area contributed by atoms with Crippen molar-refractivity contribution in [2.24, 2.45) is 7.05 Å². The van der Waals surface area contributed by atoms with Gasteiger partial charge in [-0.15, -0.1) is 0 Å². The molecule has 10 nitrogen and oxygen atoms in total. The zero-order chi connectivity index (χ0) is 30.6. The summed E-state index contributed by atoms with van der Waals surface area (Å²) in [7, 11) is 2.72. The number of ether oxygens (including phenoxy) is 2. The van der Waals surface area contributed by atoms with Crippen LogP contribution in [0.5, 0.6) is 11.5 Å². The van der Waals surface area contributed by atoms with E-state index >= 15 is 0 Å². The second-order valence-electron chi connectivity index (χ2n) is 9.71. The molecule has 0 spiro atoms. The number of nitriles is 1. The van der Waals surface area contributed by atoms with Crippen molar-refractivity contribution >= 4 is 16.8 Å². The molecule has 1 aliphatic heterocycles. The van der Waals surface area contributed by atoms with Gasteiger partial charge in [0.15, 0.2) is 5.60 Å². The van der Waals surface area contributed by atoms with Gasteiger partial charge in [-0.1, -0.05) is 0 Å². The van der Waals surface area contributed by atoms with Crippen molar-refractivity contribution in [2.75, 3.05) is 20.2 Å². The number of amides is 1. The maximum atomic E-state index is 13.5.